The maximum absolute atomic E-state index is 12.5. The number of hydrogen-bond acceptors (Lipinski definition) is 8. The molecule has 2 aromatic carbocycles. The standard InChI is InChI=1S/C21H22N6O5S/c1-3-26-18(12-19(28)23-16-6-4-5-7-17(16)32-2)24-25-21(26)33-13-20(29)22-14-8-10-15(11-9-14)27(30)31/h4-11H,3,12-13H2,1-2H3,(H,22,29)(H,23,28). The van der Waals surface area contributed by atoms with E-state index < -0.39 is 4.92 Å². The van der Waals surface area contributed by atoms with E-state index in [0.717, 1.165) is 0 Å². The van der Waals surface area contributed by atoms with Crippen molar-refractivity contribution >= 4 is 40.6 Å². The summed E-state index contributed by atoms with van der Waals surface area (Å²) in [5.41, 5.74) is 0.961. The molecule has 11 nitrogen and oxygen atoms in total. The number of ether oxygens (including phenoxy) is 1. The first kappa shape index (κ1) is 23.7. The molecule has 2 amide bonds. The van der Waals surface area contributed by atoms with Crippen molar-refractivity contribution in [2.75, 3.05) is 23.5 Å². The summed E-state index contributed by atoms with van der Waals surface area (Å²) in [6, 6.07) is 12.7. The molecular weight excluding hydrogens is 448 g/mol. The van der Waals surface area contributed by atoms with Gasteiger partial charge in [-0.3, -0.25) is 19.7 Å². The Labute approximate surface area is 193 Å². The largest absolute Gasteiger partial charge is 0.495 e. The second-order valence-corrected chi connectivity index (χ2v) is 7.65. The fraction of sp³-hybridized carbons (Fsp3) is 0.238. The fourth-order valence-electron chi connectivity index (χ4n) is 2.95. The van der Waals surface area contributed by atoms with Crippen LogP contribution in [0.25, 0.3) is 0 Å². The number of anilines is 2. The minimum Gasteiger partial charge on any atom is -0.495 e. The summed E-state index contributed by atoms with van der Waals surface area (Å²) in [4.78, 5) is 35.0. The molecule has 3 aromatic rings. The van der Waals surface area contributed by atoms with Crippen LogP contribution < -0.4 is 15.4 Å². The average Bonchev–Trinajstić information content (AvgIpc) is 3.19. The Morgan fingerprint density at radius 2 is 1.82 bits per heavy atom. The molecule has 0 saturated carbocycles. The number of nitrogens with zero attached hydrogens (tertiary/aromatic N) is 4. The monoisotopic (exact) mass is 470 g/mol. The second kappa shape index (κ2) is 11.1. The Bertz CT molecular complexity index is 1150. The minimum atomic E-state index is -0.507. The van der Waals surface area contributed by atoms with Crippen molar-refractivity contribution in [3.05, 3.63) is 64.5 Å². The van der Waals surface area contributed by atoms with Crippen molar-refractivity contribution in [1.82, 2.24) is 14.8 Å². The Balaban J connectivity index is 1.57. The highest BCUT2D eigenvalue weighted by atomic mass is 32.2. The molecule has 3 rings (SSSR count). The highest BCUT2D eigenvalue weighted by Gasteiger charge is 2.17. The van der Waals surface area contributed by atoms with Crippen molar-refractivity contribution in [2.45, 2.75) is 25.0 Å². The maximum Gasteiger partial charge on any atom is 0.269 e. The fourth-order valence-corrected chi connectivity index (χ4v) is 3.78. The number of methoxy groups -OCH3 is 1. The van der Waals surface area contributed by atoms with Gasteiger partial charge in [0.2, 0.25) is 11.8 Å². The second-order valence-electron chi connectivity index (χ2n) is 6.71. The number of amides is 2. The first-order valence-corrected chi connectivity index (χ1v) is 10.9. The first-order chi connectivity index (χ1) is 15.9. The van der Waals surface area contributed by atoms with Gasteiger partial charge in [0.15, 0.2) is 5.16 Å². The van der Waals surface area contributed by atoms with Crippen molar-refractivity contribution < 1.29 is 19.2 Å². The third-order valence-electron chi connectivity index (χ3n) is 4.50. The van der Waals surface area contributed by atoms with Gasteiger partial charge in [-0.1, -0.05) is 23.9 Å². The van der Waals surface area contributed by atoms with Crippen LogP contribution in [0.4, 0.5) is 17.1 Å². The van der Waals surface area contributed by atoms with E-state index in [0.29, 0.717) is 34.6 Å². The number of nitro benzene ring substituents is 1. The van der Waals surface area contributed by atoms with Gasteiger partial charge in [-0.2, -0.15) is 0 Å². The Morgan fingerprint density at radius 1 is 1.09 bits per heavy atom. The van der Waals surface area contributed by atoms with E-state index in [4.69, 9.17) is 4.74 Å². The number of benzene rings is 2. The molecule has 0 saturated heterocycles. The molecule has 0 bridgehead atoms. The van der Waals surface area contributed by atoms with Crippen LogP contribution in [-0.2, 0) is 22.6 Å². The number of thioether (sulfide) groups is 1. The SMILES string of the molecule is CCn1c(CC(=O)Nc2ccccc2OC)nnc1SCC(=O)Nc1ccc([N+](=O)[O-])cc1. The third kappa shape index (κ3) is 6.29. The normalized spacial score (nSPS) is 10.5. The van der Waals surface area contributed by atoms with E-state index >= 15 is 0 Å². The van der Waals surface area contributed by atoms with E-state index in [2.05, 4.69) is 20.8 Å². The first-order valence-electron chi connectivity index (χ1n) is 9.93. The van der Waals surface area contributed by atoms with Crippen molar-refractivity contribution in [1.29, 1.82) is 0 Å². The number of rotatable bonds is 10. The predicted molar refractivity (Wildman–Crippen MR) is 123 cm³/mol. The molecular formula is C21H22N6O5S. The molecule has 0 aliphatic heterocycles. The molecule has 0 aliphatic carbocycles. The lowest BCUT2D eigenvalue weighted by Crippen LogP contribution is -2.18. The van der Waals surface area contributed by atoms with Crippen LogP contribution in [0.15, 0.2) is 53.7 Å². The van der Waals surface area contributed by atoms with E-state index in [1.165, 1.54) is 43.1 Å². The average molecular weight is 471 g/mol. The van der Waals surface area contributed by atoms with Gasteiger partial charge in [-0.15, -0.1) is 10.2 Å². The zero-order valence-electron chi connectivity index (χ0n) is 18.0. The molecule has 1 aromatic heterocycles. The van der Waals surface area contributed by atoms with Crippen LogP contribution in [0.3, 0.4) is 0 Å². The number of non-ortho nitro benzene ring substituents is 1. The molecule has 0 aliphatic rings. The quantitative estimate of drug-likeness (QED) is 0.261. The molecule has 12 heteroatoms. The lowest BCUT2D eigenvalue weighted by atomic mass is 10.2. The van der Waals surface area contributed by atoms with Gasteiger partial charge in [-0.05, 0) is 31.2 Å². The van der Waals surface area contributed by atoms with Gasteiger partial charge in [-0.25, -0.2) is 0 Å². The van der Waals surface area contributed by atoms with E-state index in [1.807, 2.05) is 13.0 Å². The lowest BCUT2D eigenvalue weighted by molar-refractivity contribution is -0.384. The van der Waals surface area contributed by atoms with Crippen LogP contribution in [0.2, 0.25) is 0 Å². The molecule has 0 unspecified atom stereocenters. The maximum atomic E-state index is 12.5. The van der Waals surface area contributed by atoms with Crippen molar-refractivity contribution in [3.8, 4) is 5.75 Å². The van der Waals surface area contributed by atoms with Crippen molar-refractivity contribution in [2.24, 2.45) is 0 Å². The Morgan fingerprint density at radius 3 is 2.48 bits per heavy atom. The number of hydrogen-bond donors (Lipinski definition) is 2. The predicted octanol–water partition coefficient (Wildman–Crippen LogP) is 3.13. The van der Waals surface area contributed by atoms with Gasteiger partial charge >= 0.3 is 0 Å². The summed E-state index contributed by atoms with van der Waals surface area (Å²) in [5.74, 6) is 0.521. The molecule has 0 atom stereocenters. The van der Waals surface area contributed by atoms with E-state index in [-0.39, 0.29) is 29.7 Å². The number of carbonyl (C=O) groups excluding carboxylic acids is 2. The molecule has 0 spiro atoms. The number of nitro groups is 1. The summed E-state index contributed by atoms with van der Waals surface area (Å²) in [6.45, 7) is 2.42. The zero-order valence-corrected chi connectivity index (χ0v) is 18.8. The molecule has 172 valence electrons. The third-order valence-corrected chi connectivity index (χ3v) is 5.47. The minimum absolute atomic E-state index is 0.00837. The number of para-hydroxylation sites is 2. The molecule has 2 N–H and O–H groups in total. The van der Waals surface area contributed by atoms with E-state index in [1.54, 1.807) is 22.8 Å². The number of carbonyl (C=O) groups is 2. The number of nitrogens with one attached hydrogen (secondary N) is 2. The molecule has 0 radical (unpaired) electrons. The van der Waals surface area contributed by atoms with Crippen LogP contribution >= 0.6 is 11.8 Å². The molecule has 0 fully saturated rings. The summed E-state index contributed by atoms with van der Waals surface area (Å²) in [5, 5.41) is 24.9. The molecule has 33 heavy (non-hydrogen) atoms. The van der Waals surface area contributed by atoms with Crippen LogP contribution in [0, 0.1) is 10.1 Å². The summed E-state index contributed by atoms with van der Waals surface area (Å²) >= 11 is 1.18. The highest BCUT2D eigenvalue weighted by Crippen LogP contribution is 2.24. The summed E-state index contributed by atoms with van der Waals surface area (Å²) in [7, 11) is 1.53. The van der Waals surface area contributed by atoms with Gasteiger partial charge < -0.3 is 19.9 Å². The number of aromatic nitrogens is 3. The van der Waals surface area contributed by atoms with Gasteiger partial charge in [0.05, 0.1) is 29.9 Å². The molecule has 1 heterocycles. The topological polar surface area (TPSA) is 141 Å². The van der Waals surface area contributed by atoms with E-state index in [9.17, 15) is 19.7 Å². The van der Waals surface area contributed by atoms with Crippen molar-refractivity contribution in [3.63, 3.8) is 0 Å². The van der Waals surface area contributed by atoms with Crippen LogP contribution in [0.1, 0.15) is 12.7 Å². The lowest BCUT2D eigenvalue weighted by Gasteiger charge is -2.10. The smallest absolute Gasteiger partial charge is 0.269 e. The summed E-state index contributed by atoms with van der Waals surface area (Å²) < 4.78 is 7.01. The Kier molecular flexibility index (Phi) is 7.97. The highest BCUT2D eigenvalue weighted by molar-refractivity contribution is 7.99. The zero-order chi connectivity index (χ0) is 23.8. The Hall–Kier alpha value is -3.93. The summed E-state index contributed by atoms with van der Waals surface area (Å²) in [6.07, 6.45) is 0.00837. The van der Waals surface area contributed by atoms with Gasteiger partial charge in [0.25, 0.3) is 5.69 Å². The van der Waals surface area contributed by atoms with Gasteiger partial charge in [0.1, 0.15) is 11.6 Å². The van der Waals surface area contributed by atoms with Crippen LogP contribution in [-0.4, -0.2) is 44.4 Å². The van der Waals surface area contributed by atoms with Crippen LogP contribution in [0.5, 0.6) is 5.75 Å². The van der Waals surface area contributed by atoms with Gasteiger partial charge in [0, 0.05) is 24.4 Å².